The van der Waals surface area contributed by atoms with Crippen molar-refractivity contribution < 1.29 is 9.59 Å². The first-order chi connectivity index (χ1) is 6.13. The van der Waals surface area contributed by atoms with E-state index in [2.05, 4.69) is 5.32 Å². The highest BCUT2D eigenvalue weighted by atomic mass is 16.2. The van der Waals surface area contributed by atoms with Crippen LogP contribution < -0.4 is 5.32 Å². The lowest BCUT2D eigenvalue weighted by Crippen LogP contribution is -2.36. The summed E-state index contributed by atoms with van der Waals surface area (Å²) >= 11 is 0. The van der Waals surface area contributed by atoms with Gasteiger partial charge in [-0.3, -0.25) is 4.79 Å². The van der Waals surface area contributed by atoms with Crippen molar-refractivity contribution in [3.63, 3.8) is 0 Å². The highest BCUT2D eigenvalue weighted by Gasteiger charge is 2.20. The highest BCUT2D eigenvalue weighted by molar-refractivity contribution is 6.02. The molecule has 1 rings (SSSR count). The fraction of sp³-hybridized carbons (Fsp3) is 0.500. The van der Waals surface area contributed by atoms with E-state index in [-0.39, 0.29) is 11.9 Å². The first-order valence-corrected chi connectivity index (χ1v) is 4.44. The molecule has 1 amide bonds. The van der Waals surface area contributed by atoms with Gasteiger partial charge in [-0.1, -0.05) is 19.9 Å². The summed E-state index contributed by atoms with van der Waals surface area (Å²) in [4.78, 5) is 21.8. The topological polar surface area (TPSA) is 46.2 Å². The van der Waals surface area contributed by atoms with Gasteiger partial charge in [0.25, 0.3) is 0 Å². The predicted octanol–water partition coefficient (Wildman–Crippen LogP) is 0.860. The lowest BCUT2D eigenvalue weighted by molar-refractivity contribution is -0.120. The average Bonchev–Trinajstić information content (AvgIpc) is 2.84. The molecule has 13 heavy (non-hydrogen) atoms. The second-order valence-electron chi connectivity index (χ2n) is 3.63. The first-order valence-electron chi connectivity index (χ1n) is 4.44. The molecule has 1 N–H and O–H groups in total. The standard InChI is InChI=1S/C10H14NO2/c1-7(2)5-9(6-12)11-10(13)8-3-4-8/h3-4,6-7,9H,5H2,1-2H3,(H,11,13)/t9-/m0/s1. The zero-order chi connectivity index (χ0) is 9.84. The molecule has 71 valence electrons. The predicted molar refractivity (Wildman–Crippen MR) is 49.8 cm³/mol. The minimum absolute atomic E-state index is 0.141. The Morgan fingerprint density at radius 1 is 1.62 bits per heavy atom. The number of carbonyl (C=O) groups is 2. The maximum absolute atomic E-state index is 11.2. The lowest BCUT2D eigenvalue weighted by Gasteiger charge is -2.13. The number of aldehydes is 1. The van der Waals surface area contributed by atoms with Crippen molar-refractivity contribution in [2.24, 2.45) is 5.92 Å². The molecule has 0 spiro atoms. The molecular weight excluding hydrogens is 166 g/mol. The molecule has 0 aromatic heterocycles. The zero-order valence-electron chi connectivity index (χ0n) is 7.91. The van der Waals surface area contributed by atoms with Gasteiger partial charge in [0.05, 0.1) is 6.04 Å². The zero-order valence-corrected chi connectivity index (χ0v) is 7.91. The number of allylic oxidation sites excluding steroid dienone is 1. The van der Waals surface area contributed by atoms with Gasteiger partial charge in [0, 0.05) is 12.0 Å². The van der Waals surface area contributed by atoms with E-state index in [9.17, 15) is 9.59 Å². The molecule has 0 fully saturated rings. The Bertz CT molecular complexity index is 243. The van der Waals surface area contributed by atoms with Crippen molar-refractivity contribution in [2.45, 2.75) is 26.3 Å². The van der Waals surface area contributed by atoms with Gasteiger partial charge in [-0.2, -0.15) is 0 Å². The fourth-order valence-corrected chi connectivity index (χ4v) is 1.10. The summed E-state index contributed by atoms with van der Waals surface area (Å²) in [5.41, 5.74) is 0.676. The quantitative estimate of drug-likeness (QED) is 0.638. The van der Waals surface area contributed by atoms with Crippen LogP contribution in [0.15, 0.2) is 11.6 Å². The number of amides is 1. The van der Waals surface area contributed by atoms with Crippen LogP contribution in [0.2, 0.25) is 0 Å². The van der Waals surface area contributed by atoms with Crippen molar-refractivity contribution in [3.05, 3.63) is 18.1 Å². The molecule has 3 nitrogen and oxygen atoms in total. The van der Waals surface area contributed by atoms with Crippen molar-refractivity contribution in [1.82, 2.24) is 5.32 Å². The molecule has 0 saturated heterocycles. The highest BCUT2D eigenvalue weighted by Crippen LogP contribution is 2.16. The van der Waals surface area contributed by atoms with Gasteiger partial charge in [-0.25, -0.2) is 0 Å². The molecule has 0 unspecified atom stereocenters. The van der Waals surface area contributed by atoms with E-state index in [0.717, 1.165) is 6.29 Å². The van der Waals surface area contributed by atoms with E-state index in [1.807, 2.05) is 13.8 Å². The van der Waals surface area contributed by atoms with Crippen LogP contribution in [0.3, 0.4) is 0 Å². The SMILES string of the molecule is CC(C)C[C@@H](C=O)NC(=O)C1=C[CH]1. The van der Waals surface area contributed by atoms with Gasteiger partial charge in [-0.15, -0.1) is 0 Å². The Morgan fingerprint density at radius 2 is 2.23 bits per heavy atom. The van der Waals surface area contributed by atoms with Gasteiger partial charge in [0.1, 0.15) is 6.29 Å². The maximum atomic E-state index is 11.2. The van der Waals surface area contributed by atoms with Crippen molar-refractivity contribution in [1.29, 1.82) is 0 Å². The third-order valence-corrected chi connectivity index (χ3v) is 1.80. The number of rotatable bonds is 5. The van der Waals surface area contributed by atoms with Crippen LogP contribution in [0.4, 0.5) is 0 Å². The molecule has 1 atom stereocenters. The molecule has 0 bridgehead atoms. The summed E-state index contributed by atoms with van der Waals surface area (Å²) in [7, 11) is 0. The lowest BCUT2D eigenvalue weighted by atomic mass is 10.0. The largest absolute Gasteiger partial charge is 0.343 e. The van der Waals surface area contributed by atoms with Gasteiger partial charge < -0.3 is 10.1 Å². The summed E-state index contributed by atoms with van der Waals surface area (Å²) in [6.45, 7) is 4.04. The molecule has 3 heteroatoms. The second-order valence-corrected chi connectivity index (χ2v) is 3.63. The van der Waals surface area contributed by atoms with Gasteiger partial charge >= 0.3 is 0 Å². The summed E-state index contributed by atoms with van der Waals surface area (Å²) in [6, 6.07) is -0.345. The van der Waals surface area contributed by atoms with E-state index in [1.54, 1.807) is 12.5 Å². The van der Waals surface area contributed by atoms with E-state index < -0.39 is 0 Å². The average molecular weight is 180 g/mol. The fourth-order valence-electron chi connectivity index (χ4n) is 1.10. The molecule has 1 aliphatic rings. The van der Waals surface area contributed by atoms with E-state index in [0.29, 0.717) is 17.9 Å². The smallest absolute Gasteiger partial charge is 0.248 e. The summed E-state index contributed by atoms with van der Waals surface area (Å²) in [5.74, 6) is 0.269. The maximum Gasteiger partial charge on any atom is 0.248 e. The van der Waals surface area contributed by atoms with Crippen LogP contribution in [-0.4, -0.2) is 18.2 Å². The first kappa shape index (κ1) is 9.96. The Kier molecular flexibility index (Phi) is 3.23. The van der Waals surface area contributed by atoms with Crippen molar-refractivity contribution in [3.8, 4) is 0 Å². The van der Waals surface area contributed by atoms with Crippen LogP contribution >= 0.6 is 0 Å². The minimum Gasteiger partial charge on any atom is -0.343 e. The molecule has 0 heterocycles. The molecule has 0 aromatic carbocycles. The van der Waals surface area contributed by atoms with Crippen LogP contribution in [0.5, 0.6) is 0 Å². The molecular formula is C10H14NO2. The van der Waals surface area contributed by atoms with Crippen molar-refractivity contribution in [2.75, 3.05) is 0 Å². The van der Waals surface area contributed by atoms with Crippen LogP contribution in [0, 0.1) is 12.3 Å². The van der Waals surface area contributed by atoms with Crippen LogP contribution in [0.1, 0.15) is 20.3 Å². The number of nitrogens with one attached hydrogen (secondary N) is 1. The van der Waals surface area contributed by atoms with Gasteiger partial charge in [0.2, 0.25) is 5.91 Å². The minimum atomic E-state index is -0.345. The molecule has 0 aromatic rings. The third-order valence-electron chi connectivity index (χ3n) is 1.80. The molecule has 0 saturated carbocycles. The van der Waals surface area contributed by atoms with E-state index in [4.69, 9.17) is 0 Å². The monoisotopic (exact) mass is 180 g/mol. The summed E-state index contributed by atoms with van der Waals surface area (Å²) in [6.07, 6.45) is 4.95. The Morgan fingerprint density at radius 3 is 2.62 bits per heavy atom. The molecule has 0 aliphatic heterocycles. The third kappa shape index (κ3) is 3.40. The normalized spacial score (nSPS) is 16.4. The van der Waals surface area contributed by atoms with Gasteiger partial charge in [0.15, 0.2) is 0 Å². The number of hydrogen-bond acceptors (Lipinski definition) is 2. The molecule has 1 aliphatic carbocycles. The van der Waals surface area contributed by atoms with Crippen molar-refractivity contribution >= 4 is 12.2 Å². The summed E-state index contributed by atoms with van der Waals surface area (Å²) in [5, 5.41) is 2.65. The second kappa shape index (κ2) is 4.21. The number of hydrogen-bond donors (Lipinski definition) is 1. The molecule has 1 radical (unpaired) electrons. The Balaban J connectivity index is 2.34. The van der Waals surface area contributed by atoms with Crippen LogP contribution in [-0.2, 0) is 9.59 Å². The Labute approximate surface area is 78.2 Å². The summed E-state index contributed by atoms with van der Waals surface area (Å²) < 4.78 is 0. The Hall–Kier alpha value is -1.12. The van der Waals surface area contributed by atoms with Crippen LogP contribution in [0.25, 0.3) is 0 Å². The van der Waals surface area contributed by atoms with E-state index >= 15 is 0 Å². The van der Waals surface area contributed by atoms with Gasteiger partial charge in [-0.05, 0) is 12.3 Å². The number of carbonyl (C=O) groups excluding carboxylic acids is 2. The van der Waals surface area contributed by atoms with E-state index in [1.165, 1.54) is 0 Å².